The van der Waals surface area contributed by atoms with Crippen LogP contribution < -0.4 is 16.0 Å². The maximum atomic E-state index is 12.9. The number of carbonyl (C=O) groups is 4. The first-order chi connectivity index (χ1) is 19.4. The summed E-state index contributed by atoms with van der Waals surface area (Å²) < 4.78 is 5.42. The molecule has 0 aliphatic heterocycles. The molecule has 0 radical (unpaired) electrons. The molecule has 8 nitrogen and oxygen atoms in total. The van der Waals surface area contributed by atoms with Gasteiger partial charge in [-0.2, -0.15) is 0 Å². The van der Waals surface area contributed by atoms with Crippen molar-refractivity contribution in [3.8, 4) is 0 Å². The number of hydrogen-bond acceptors (Lipinski definition) is 6. The number of nitrogens with one attached hydrogen (secondary N) is 3. The molecule has 2 amide bonds. The summed E-state index contributed by atoms with van der Waals surface area (Å²) in [4.78, 5) is 49.0. The van der Waals surface area contributed by atoms with Crippen LogP contribution in [0.2, 0.25) is 0 Å². The molecule has 1 aromatic rings. The zero-order chi connectivity index (χ0) is 29.2. The highest BCUT2D eigenvalue weighted by Gasteiger charge is 2.20. The molecular weight excluding hydrogens is 506 g/mol. The van der Waals surface area contributed by atoms with Crippen LogP contribution >= 0.6 is 0 Å². The molecule has 3 N–H and O–H groups in total. The monoisotopic (exact) mass is 555 g/mol. The lowest BCUT2D eigenvalue weighted by molar-refractivity contribution is -0.126. The van der Waals surface area contributed by atoms with Crippen LogP contribution in [0.3, 0.4) is 0 Å². The van der Waals surface area contributed by atoms with Gasteiger partial charge in [-0.3, -0.25) is 19.2 Å². The molecule has 0 saturated carbocycles. The molecule has 1 atom stereocenters. The third kappa shape index (κ3) is 12.0. The minimum Gasteiger partial charge on any atom is -0.391 e. The highest BCUT2D eigenvalue weighted by molar-refractivity contribution is 6.09. The van der Waals surface area contributed by atoms with Crippen molar-refractivity contribution in [2.75, 3.05) is 26.8 Å². The quantitative estimate of drug-likeness (QED) is 0.154. The van der Waals surface area contributed by atoms with E-state index in [1.165, 1.54) is 0 Å². The van der Waals surface area contributed by atoms with Crippen molar-refractivity contribution in [3.05, 3.63) is 46.7 Å². The number of unbranched alkanes of at least 4 members (excludes halogenated alkanes) is 1. The van der Waals surface area contributed by atoms with Crippen LogP contribution in [0.5, 0.6) is 0 Å². The molecule has 0 fully saturated rings. The Bertz CT molecular complexity index is 987. The number of allylic oxidation sites excluding steroid dienone is 2. The van der Waals surface area contributed by atoms with E-state index in [1.54, 1.807) is 0 Å². The smallest absolute Gasteiger partial charge is 0.246 e. The van der Waals surface area contributed by atoms with Gasteiger partial charge in [0.1, 0.15) is 12.4 Å². The van der Waals surface area contributed by atoms with Crippen molar-refractivity contribution in [3.63, 3.8) is 0 Å². The molecule has 40 heavy (non-hydrogen) atoms. The van der Waals surface area contributed by atoms with Crippen molar-refractivity contribution >= 4 is 23.4 Å². The molecule has 222 valence electrons. The van der Waals surface area contributed by atoms with E-state index in [1.807, 2.05) is 38.2 Å². The molecule has 8 heteroatoms. The molecule has 0 aromatic heterocycles. The SMILES string of the molecule is CCCC(CCCCNC(=O)CCCOCC(=O)NCc1ccc(C(=O)C2=C(NC)CCCC2)cc1)C(=O)CC. The highest BCUT2D eigenvalue weighted by Crippen LogP contribution is 2.26. The summed E-state index contributed by atoms with van der Waals surface area (Å²) >= 11 is 0. The molecule has 0 bridgehead atoms. The van der Waals surface area contributed by atoms with Crippen LogP contribution in [-0.2, 0) is 25.7 Å². The van der Waals surface area contributed by atoms with E-state index in [9.17, 15) is 19.2 Å². The van der Waals surface area contributed by atoms with Gasteiger partial charge in [0.05, 0.1) is 0 Å². The molecule has 1 unspecified atom stereocenters. The predicted octanol–water partition coefficient (Wildman–Crippen LogP) is 5.01. The first-order valence-electron chi connectivity index (χ1n) is 15.1. The third-order valence-corrected chi connectivity index (χ3v) is 7.42. The lowest BCUT2D eigenvalue weighted by atomic mass is 9.90. The third-order valence-electron chi connectivity index (χ3n) is 7.42. The van der Waals surface area contributed by atoms with E-state index in [4.69, 9.17) is 4.74 Å². The highest BCUT2D eigenvalue weighted by atomic mass is 16.5. The molecule has 0 saturated heterocycles. The van der Waals surface area contributed by atoms with Gasteiger partial charge in [-0.05, 0) is 56.9 Å². The summed E-state index contributed by atoms with van der Waals surface area (Å²) in [7, 11) is 1.87. The average Bonchev–Trinajstić information content (AvgIpc) is 2.98. The minimum absolute atomic E-state index is 0.0216. The predicted molar refractivity (Wildman–Crippen MR) is 158 cm³/mol. The zero-order valence-electron chi connectivity index (χ0n) is 24.7. The Kier molecular flexibility index (Phi) is 15.9. The van der Waals surface area contributed by atoms with Gasteiger partial charge >= 0.3 is 0 Å². The topological polar surface area (TPSA) is 114 Å². The summed E-state index contributed by atoms with van der Waals surface area (Å²) in [5, 5.41) is 8.92. The number of carbonyl (C=O) groups excluding carboxylic acids is 4. The van der Waals surface area contributed by atoms with E-state index in [0.717, 1.165) is 74.6 Å². The second-order valence-electron chi connectivity index (χ2n) is 10.5. The van der Waals surface area contributed by atoms with Gasteiger partial charge in [0, 0.05) is 62.3 Å². The molecule has 1 aliphatic carbocycles. The number of Topliss-reactive ketones (excluding diaryl/α,β-unsaturated/α-hetero) is 2. The van der Waals surface area contributed by atoms with Gasteiger partial charge in [0.2, 0.25) is 11.8 Å². The summed E-state index contributed by atoms with van der Waals surface area (Å²) in [5.41, 5.74) is 3.49. The van der Waals surface area contributed by atoms with Crippen LogP contribution in [0.25, 0.3) is 0 Å². The molecule has 1 aromatic carbocycles. The second-order valence-corrected chi connectivity index (χ2v) is 10.5. The van der Waals surface area contributed by atoms with Crippen LogP contribution in [-0.4, -0.2) is 50.2 Å². The van der Waals surface area contributed by atoms with Gasteiger partial charge in [-0.1, -0.05) is 51.0 Å². The molecule has 1 aliphatic rings. The Morgan fingerprint density at radius 2 is 1.65 bits per heavy atom. The van der Waals surface area contributed by atoms with Gasteiger partial charge in [0.25, 0.3) is 0 Å². The van der Waals surface area contributed by atoms with Crippen molar-refractivity contribution < 1.29 is 23.9 Å². The Morgan fingerprint density at radius 1 is 0.900 bits per heavy atom. The molecule has 0 spiro atoms. The molecule has 2 rings (SSSR count). The fraction of sp³-hybridized carbons (Fsp3) is 0.625. The first kappa shape index (κ1) is 33.2. The Labute approximate surface area is 240 Å². The van der Waals surface area contributed by atoms with Crippen molar-refractivity contribution in [1.82, 2.24) is 16.0 Å². The first-order valence-corrected chi connectivity index (χ1v) is 15.1. The fourth-order valence-electron chi connectivity index (χ4n) is 5.07. The summed E-state index contributed by atoms with van der Waals surface area (Å²) in [6.07, 6.45) is 10.0. The zero-order valence-corrected chi connectivity index (χ0v) is 24.7. The van der Waals surface area contributed by atoms with Crippen molar-refractivity contribution in [1.29, 1.82) is 0 Å². The van der Waals surface area contributed by atoms with Gasteiger partial charge in [0.15, 0.2) is 5.78 Å². The van der Waals surface area contributed by atoms with Crippen LogP contribution in [0.1, 0.15) is 107 Å². The summed E-state index contributed by atoms with van der Waals surface area (Å²) in [6.45, 7) is 5.27. The van der Waals surface area contributed by atoms with Crippen molar-refractivity contribution in [2.24, 2.45) is 5.92 Å². The van der Waals surface area contributed by atoms with E-state index in [-0.39, 0.29) is 30.1 Å². The van der Waals surface area contributed by atoms with Gasteiger partial charge < -0.3 is 20.7 Å². The fourth-order valence-corrected chi connectivity index (χ4v) is 5.07. The lowest BCUT2D eigenvalue weighted by Gasteiger charge is -2.19. The van der Waals surface area contributed by atoms with Crippen LogP contribution in [0.15, 0.2) is 35.5 Å². The van der Waals surface area contributed by atoms with Crippen LogP contribution in [0, 0.1) is 5.92 Å². The summed E-state index contributed by atoms with van der Waals surface area (Å²) in [6, 6.07) is 7.36. The summed E-state index contributed by atoms with van der Waals surface area (Å²) in [5.74, 6) is 0.331. The van der Waals surface area contributed by atoms with E-state index in [2.05, 4.69) is 22.9 Å². The van der Waals surface area contributed by atoms with Crippen LogP contribution in [0.4, 0.5) is 0 Å². The second kappa shape index (κ2) is 19.1. The Balaban J connectivity index is 1.55. The number of rotatable bonds is 20. The lowest BCUT2D eigenvalue weighted by Crippen LogP contribution is -2.28. The number of amides is 2. The standard InChI is InChI=1S/C32H49N3O5/c1-4-11-25(29(36)5-2)12-8-9-20-34-30(37)15-10-21-40-23-31(38)35-22-24-16-18-26(19-17-24)32(39)27-13-6-7-14-28(27)33-3/h16-19,25,33H,4-15,20-23H2,1-3H3,(H,34,37)(H,35,38). The molecule has 0 heterocycles. The molecular formula is C32H49N3O5. The number of ketones is 2. The largest absolute Gasteiger partial charge is 0.391 e. The minimum atomic E-state index is -0.224. The van der Waals surface area contributed by atoms with E-state index < -0.39 is 0 Å². The van der Waals surface area contributed by atoms with Gasteiger partial charge in [-0.15, -0.1) is 0 Å². The van der Waals surface area contributed by atoms with E-state index in [0.29, 0.717) is 50.3 Å². The normalized spacial score (nSPS) is 14.0. The van der Waals surface area contributed by atoms with Crippen molar-refractivity contribution in [2.45, 2.75) is 97.4 Å². The maximum Gasteiger partial charge on any atom is 0.246 e. The Morgan fingerprint density at radius 3 is 2.35 bits per heavy atom. The average molecular weight is 556 g/mol. The van der Waals surface area contributed by atoms with Gasteiger partial charge in [-0.25, -0.2) is 0 Å². The Hall–Kier alpha value is -3.00. The number of hydrogen-bond donors (Lipinski definition) is 3. The maximum absolute atomic E-state index is 12.9. The number of ether oxygens (including phenoxy) is 1. The van der Waals surface area contributed by atoms with E-state index >= 15 is 0 Å². The number of benzene rings is 1.